The molecule has 0 spiro atoms. The molecule has 0 N–H and O–H groups in total. The Bertz CT molecular complexity index is 500. The zero-order valence-corrected chi connectivity index (χ0v) is 11.2. The van der Waals surface area contributed by atoms with Crippen molar-refractivity contribution in [2.75, 3.05) is 0 Å². The highest BCUT2D eigenvalue weighted by Crippen LogP contribution is 2.36. The van der Waals surface area contributed by atoms with E-state index in [1.54, 1.807) is 6.26 Å². The Morgan fingerprint density at radius 2 is 1.88 bits per heavy atom. The van der Waals surface area contributed by atoms with Crippen LogP contribution < -0.4 is 0 Å². The second-order valence-electron chi connectivity index (χ2n) is 5.45. The van der Waals surface area contributed by atoms with Crippen LogP contribution in [0.25, 0.3) is 0 Å². The van der Waals surface area contributed by atoms with Crippen molar-refractivity contribution in [3.05, 3.63) is 47.3 Å². The van der Waals surface area contributed by atoms with Crippen LogP contribution in [0, 0.1) is 6.92 Å². The first-order valence-corrected chi connectivity index (χ1v) is 6.06. The standard InChI is InChI=1S/C15H20O2/c1-10(2)13-8-12(9-17-13)15(4,5)14-11(3)6-7-16-14/h6-10H,1-5H3. The molecule has 0 radical (unpaired) electrons. The Balaban J connectivity index is 2.41. The van der Waals surface area contributed by atoms with Gasteiger partial charge in [-0.1, -0.05) is 13.8 Å². The van der Waals surface area contributed by atoms with Crippen molar-refractivity contribution in [2.24, 2.45) is 0 Å². The van der Waals surface area contributed by atoms with E-state index in [1.807, 2.05) is 12.3 Å². The van der Waals surface area contributed by atoms with Gasteiger partial charge in [-0.05, 0) is 38.5 Å². The number of hydrogen-bond donors (Lipinski definition) is 0. The summed E-state index contributed by atoms with van der Waals surface area (Å²) in [6.07, 6.45) is 3.59. The molecule has 0 saturated heterocycles. The molecule has 0 atom stereocenters. The lowest BCUT2D eigenvalue weighted by Crippen LogP contribution is -2.18. The van der Waals surface area contributed by atoms with Crippen LogP contribution in [-0.2, 0) is 5.41 Å². The summed E-state index contributed by atoms with van der Waals surface area (Å²) in [7, 11) is 0. The van der Waals surface area contributed by atoms with Gasteiger partial charge in [-0.25, -0.2) is 0 Å². The molecule has 0 unspecified atom stereocenters. The first-order chi connectivity index (χ1) is 7.93. The van der Waals surface area contributed by atoms with Crippen molar-refractivity contribution < 1.29 is 8.83 Å². The van der Waals surface area contributed by atoms with E-state index in [-0.39, 0.29) is 5.41 Å². The maximum atomic E-state index is 5.61. The molecule has 0 aliphatic heterocycles. The number of hydrogen-bond acceptors (Lipinski definition) is 2. The average molecular weight is 232 g/mol. The summed E-state index contributed by atoms with van der Waals surface area (Å²) in [5.41, 5.74) is 2.20. The fourth-order valence-corrected chi connectivity index (χ4v) is 2.13. The van der Waals surface area contributed by atoms with Crippen LogP contribution in [0.1, 0.15) is 56.3 Å². The molecule has 2 heteroatoms. The van der Waals surface area contributed by atoms with Crippen molar-refractivity contribution >= 4 is 0 Å². The van der Waals surface area contributed by atoms with E-state index >= 15 is 0 Å². The Kier molecular flexibility index (Phi) is 2.90. The Hall–Kier alpha value is -1.44. The third-order valence-electron chi connectivity index (χ3n) is 3.34. The molecule has 17 heavy (non-hydrogen) atoms. The van der Waals surface area contributed by atoms with Gasteiger partial charge >= 0.3 is 0 Å². The topological polar surface area (TPSA) is 26.3 Å². The Labute approximate surface area is 103 Å². The van der Waals surface area contributed by atoms with Crippen molar-refractivity contribution in [1.29, 1.82) is 0 Å². The van der Waals surface area contributed by atoms with Gasteiger partial charge in [0, 0.05) is 11.5 Å². The van der Waals surface area contributed by atoms with Crippen LogP contribution >= 0.6 is 0 Å². The smallest absolute Gasteiger partial charge is 0.116 e. The third kappa shape index (κ3) is 2.04. The van der Waals surface area contributed by atoms with E-state index in [0.717, 1.165) is 11.5 Å². The SMILES string of the molecule is Cc1ccoc1C(C)(C)c1coc(C(C)C)c1. The Morgan fingerprint density at radius 3 is 2.35 bits per heavy atom. The zero-order valence-electron chi connectivity index (χ0n) is 11.2. The fraction of sp³-hybridized carbons (Fsp3) is 0.467. The molecule has 0 saturated carbocycles. The molecule has 92 valence electrons. The highest BCUT2D eigenvalue weighted by molar-refractivity contribution is 5.35. The van der Waals surface area contributed by atoms with Gasteiger partial charge in [0.1, 0.15) is 11.5 Å². The quantitative estimate of drug-likeness (QED) is 0.771. The van der Waals surface area contributed by atoms with Crippen LogP contribution in [-0.4, -0.2) is 0 Å². The van der Waals surface area contributed by atoms with Crippen LogP contribution in [0.15, 0.2) is 33.5 Å². The molecular weight excluding hydrogens is 212 g/mol. The molecule has 0 fully saturated rings. The van der Waals surface area contributed by atoms with Crippen molar-refractivity contribution in [1.82, 2.24) is 0 Å². The number of furan rings is 2. The third-order valence-corrected chi connectivity index (χ3v) is 3.34. The second kappa shape index (κ2) is 4.10. The highest BCUT2D eigenvalue weighted by Gasteiger charge is 2.30. The van der Waals surface area contributed by atoms with Crippen molar-refractivity contribution in [3.8, 4) is 0 Å². The largest absolute Gasteiger partial charge is 0.469 e. The molecule has 2 rings (SSSR count). The summed E-state index contributed by atoms with van der Waals surface area (Å²) >= 11 is 0. The van der Waals surface area contributed by atoms with Crippen LogP contribution in [0.5, 0.6) is 0 Å². The van der Waals surface area contributed by atoms with Crippen LogP contribution in [0.2, 0.25) is 0 Å². The average Bonchev–Trinajstić information content (AvgIpc) is 2.84. The zero-order chi connectivity index (χ0) is 12.6. The summed E-state index contributed by atoms with van der Waals surface area (Å²) in [4.78, 5) is 0. The number of aryl methyl sites for hydroxylation is 1. The minimum absolute atomic E-state index is 0.149. The van der Waals surface area contributed by atoms with Crippen LogP contribution in [0.3, 0.4) is 0 Å². The minimum Gasteiger partial charge on any atom is -0.469 e. The first kappa shape index (κ1) is 12.0. The molecule has 2 aromatic rings. The predicted octanol–water partition coefficient (Wildman–Crippen LogP) is 4.63. The van der Waals surface area contributed by atoms with E-state index in [0.29, 0.717) is 5.92 Å². The lowest BCUT2D eigenvalue weighted by molar-refractivity contribution is 0.421. The molecule has 0 aliphatic carbocycles. The Morgan fingerprint density at radius 1 is 1.18 bits per heavy atom. The molecule has 2 aromatic heterocycles. The van der Waals surface area contributed by atoms with E-state index in [9.17, 15) is 0 Å². The lowest BCUT2D eigenvalue weighted by atomic mass is 9.82. The normalized spacial score (nSPS) is 12.4. The fourth-order valence-electron chi connectivity index (χ4n) is 2.13. The van der Waals surface area contributed by atoms with Gasteiger partial charge < -0.3 is 8.83 Å². The van der Waals surface area contributed by atoms with E-state index in [4.69, 9.17) is 8.83 Å². The molecule has 0 bridgehead atoms. The first-order valence-electron chi connectivity index (χ1n) is 6.06. The monoisotopic (exact) mass is 232 g/mol. The second-order valence-corrected chi connectivity index (χ2v) is 5.45. The summed E-state index contributed by atoms with van der Waals surface area (Å²) in [5.74, 6) is 2.45. The highest BCUT2D eigenvalue weighted by atomic mass is 16.3. The van der Waals surface area contributed by atoms with Crippen molar-refractivity contribution in [2.45, 2.75) is 46.0 Å². The van der Waals surface area contributed by atoms with E-state index in [1.165, 1.54) is 11.1 Å². The molecular formula is C15H20O2. The lowest BCUT2D eigenvalue weighted by Gasteiger charge is -2.21. The minimum atomic E-state index is -0.149. The summed E-state index contributed by atoms with van der Waals surface area (Å²) in [6.45, 7) is 10.7. The van der Waals surface area contributed by atoms with E-state index < -0.39 is 0 Å². The molecule has 0 aliphatic rings. The number of rotatable bonds is 3. The van der Waals surface area contributed by atoms with Crippen molar-refractivity contribution in [3.63, 3.8) is 0 Å². The van der Waals surface area contributed by atoms with Crippen LogP contribution in [0.4, 0.5) is 0 Å². The van der Waals surface area contributed by atoms with Gasteiger partial charge in [0.2, 0.25) is 0 Å². The molecule has 0 aromatic carbocycles. The summed E-state index contributed by atoms with van der Waals surface area (Å²) in [6, 6.07) is 4.13. The van der Waals surface area contributed by atoms with Gasteiger partial charge in [0.25, 0.3) is 0 Å². The van der Waals surface area contributed by atoms with Gasteiger partial charge in [-0.2, -0.15) is 0 Å². The summed E-state index contributed by atoms with van der Waals surface area (Å²) < 4.78 is 11.2. The maximum Gasteiger partial charge on any atom is 0.116 e. The summed E-state index contributed by atoms with van der Waals surface area (Å²) in [5, 5.41) is 0. The van der Waals surface area contributed by atoms with Gasteiger partial charge in [0.05, 0.1) is 17.9 Å². The van der Waals surface area contributed by atoms with Gasteiger partial charge in [0.15, 0.2) is 0 Å². The van der Waals surface area contributed by atoms with E-state index in [2.05, 4.69) is 40.7 Å². The molecule has 2 nitrogen and oxygen atoms in total. The van der Waals surface area contributed by atoms with Gasteiger partial charge in [-0.15, -0.1) is 0 Å². The van der Waals surface area contributed by atoms with Gasteiger partial charge in [-0.3, -0.25) is 0 Å². The molecule has 2 heterocycles. The molecule has 0 amide bonds. The maximum absolute atomic E-state index is 5.61. The predicted molar refractivity (Wildman–Crippen MR) is 68.4 cm³/mol.